The van der Waals surface area contributed by atoms with E-state index in [0.717, 1.165) is 0 Å². The zero-order chi connectivity index (χ0) is 17.3. The summed E-state index contributed by atoms with van der Waals surface area (Å²) in [6.07, 6.45) is -9.03. The summed E-state index contributed by atoms with van der Waals surface area (Å²) in [6, 6.07) is 0. The highest BCUT2D eigenvalue weighted by molar-refractivity contribution is 7.99. The van der Waals surface area contributed by atoms with Gasteiger partial charge in [0.25, 0.3) is 20.2 Å². The fourth-order valence-electron chi connectivity index (χ4n) is 0.803. The second-order valence-corrected chi connectivity index (χ2v) is 6.95. The molecule has 0 N–H and O–H groups in total. The molecule has 0 aliphatic carbocycles. The van der Waals surface area contributed by atoms with E-state index in [4.69, 9.17) is 0 Å². The van der Waals surface area contributed by atoms with Crippen molar-refractivity contribution in [3.8, 4) is 0 Å². The quantitative estimate of drug-likeness (QED) is 0.602. The molecule has 128 valence electrons. The van der Waals surface area contributed by atoms with Gasteiger partial charge in [-0.05, 0) is 0 Å². The van der Waals surface area contributed by atoms with Crippen LogP contribution in [0, 0.1) is 0 Å². The van der Waals surface area contributed by atoms with E-state index in [1.165, 1.54) is 0 Å². The Morgan fingerprint density at radius 1 is 0.714 bits per heavy atom. The lowest BCUT2D eigenvalue weighted by Gasteiger charge is -2.17. The van der Waals surface area contributed by atoms with Gasteiger partial charge in [-0.15, -0.1) is 3.63 Å². The van der Waals surface area contributed by atoms with Crippen molar-refractivity contribution in [2.24, 2.45) is 0 Å². The minimum Gasteiger partial charge on any atom is -0.204 e. The molecule has 15 heteroatoms. The first kappa shape index (κ1) is 20.3. The van der Waals surface area contributed by atoms with E-state index >= 15 is 0 Å². The molecule has 0 bridgehead atoms. The first-order valence-corrected chi connectivity index (χ1v) is 7.65. The molecule has 0 unspecified atom stereocenters. The summed E-state index contributed by atoms with van der Waals surface area (Å²) in [4.78, 5) is 0. The molecule has 0 rings (SSSR count). The van der Waals surface area contributed by atoms with E-state index in [0.29, 0.717) is 0 Å². The summed E-state index contributed by atoms with van der Waals surface area (Å²) in [6.45, 7) is 0. The summed E-state index contributed by atoms with van der Waals surface area (Å²) < 4.78 is 143. The van der Waals surface area contributed by atoms with Crippen LogP contribution in [0.3, 0.4) is 0 Å². The average molecular weight is 374 g/mol. The lowest BCUT2D eigenvalue weighted by atomic mass is 10.4. The molecule has 0 saturated heterocycles. The maximum atomic E-state index is 12.4. The van der Waals surface area contributed by atoms with Crippen molar-refractivity contribution in [1.29, 1.82) is 0 Å². The highest BCUT2D eigenvalue weighted by Crippen LogP contribution is 2.28. The first-order valence-electron chi connectivity index (χ1n) is 4.49. The van der Waals surface area contributed by atoms with Crippen LogP contribution in [-0.4, -0.2) is 53.0 Å². The first-order chi connectivity index (χ1) is 9.01. The van der Waals surface area contributed by atoms with Crippen LogP contribution in [0.1, 0.15) is 0 Å². The highest BCUT2D eigenvalue weighted by atomic mass is 32.3. The molecule has 0 atom stereocenters. The molecule has 0 aromatic rings. The summed E-state index contributed by atoms with van der Waals surface area (Å²) in [7, 11) is -11.9. The third-order valence-electron chi connectivity index (χ3n) is 1.58. The maximum absolute atomic E-state index is 12.4. The van der Waals surface area contributed by atoms with Gasteiger partial charge < -0.3 is 0 Å². The molecule has 0 saturated carbocycles. The lowest BCUT2D eigenvalue weighted by molar-refractivity contribution is -0.112. The third-order valence-corrected chi connectivity index (χ3v) is 4.72. The van der Waals surface area contributed by atoms with Crippen molar-refractivity contribution in [3.63, 3.8) is 0 Å². The normalized spacial score (nSPS) is 15.0. The van der Waals surface area contributed by atoms with Crippen molar-refractivity contribution < 1.29 is 55.6 Å². The number of rotatable bonds is 8. The van der Waals surface area contributed by atoms with E-state index in [9.17, 15) is 52.0 Å². The molecule has 0 amide bonds. The Morgan fingerprint density at radius 2 is 0.952 bits per heavy atom. The standard InChI is InChI=1S/C6H6F8O5S2/c7-3(8)5(11,12)1-20(15,16)19-21(17,18)2-6(13,14)4(9)10/h3-4H,1-2H2. The van der Waals surface area contributed by atoms with Crippen LogP contribution >= 0.6 is 0 Å². The van der Waals surface area contributed by atoms with Gasteiger partial charge in [0.15, 0.2) is 0 Å². The van der Waals surface area contributed by atoms with Crippen molar-refractivity contribution in [2.45, 2.75) is 24.7 Å². The molecule has 0 radical (unpaired) electrons. The Kier molecular flexibility index (Phi) is 5.99. The predicted molar refractivity (Wildman–Crippen MR) is 50.6 cm³/mol. The van der Waals surface area contributed by atoms with Gasteiger partial charge >= 0.3 is 24.7 Å². The van der Waals surface area contributed by atoms with Crippen molar-refractivity contribution >= 4 is 20.2 Å². The van der Waals surface area contributed by atoms with Gasteiger partial charge in [0.1, 0.15) is 11.5 Å². The number of hydrogen-bond donors (Lipinski definition) is 0. The zero-order valence-electron chi connectivity index (χ0n) is 9.45. The molecular formula is C6H6F8O5S2. The van der Waals surface area contributed by atoms with Crippen LogP contribution < -0.4 is 0 Å². The SMILES string of the molecule is O=S(=O)(CC(F)(F)C(F)F)OS(=O)(=O)CC(F)(F)C(F)F. The van der Waals surface area contributed by atoms with E-state index < -0.39 is 56.4 Å². The fraction of sp³-hybridized carbons (Fsp3) is 1.00. The topological polar surface area (TPSA) is 77.5 Å². The molecule has 0 aromatic heterocycles. The van der Waals surface area contributed by atoms with Gasteiger partial charge in [-0.3, -0.25) is 0 Å². The molecule has 0 spiro atoms. The monoisotopic (exact) mass is 374 g/mol. The van der Waals surface area contributed by atoms with E-state index in [1.807, 2.05) is 0 Å². The van der Waals surface area contributed by atoms with Crippen LogP contribution in [0.15, 0.2) is 0 Å². The van der Waals surface area contributed by atoms with E-state index in [-0.39, 0.29) is 0 Å². The second-order valence-electron chi connectivity index (χ2n) is 3.60. The predicted octanol–water partition coefficient (Wildman–Crippen LogP) is 1.46. The molecule has 5 nitrogen and oxygen atoms in total. The summed E-state index contributed by atoms with van der Waals surface area (Å²) in [5, 5.41) is 0. The molecule has 0 heterocycles. The lowest BCUT2D eigenvalue weighted by Crippen LogP contribution is -2.39. The van der Waals surface area contributed by atoms with Crippen molar-refractivity contribution in [3.05, 3.63) is 0 Å². The number of halogens is 8. The molecule has 0 aliphatic heterocycles. The Balaban J connectivity index is 5.11. The fourth-order valence-corrected chi connectivity index (χ4v) is 3.65. The van der Waals surface area contributed by atoms with Crippen molar-refractivity contribution in [2.75, 3.05) is 11.5 Å². The number of hydrogen-bond acceptors (Lipinski definition) is 5. The van der Waals surface area contributed by atoms with Gasteiger partial charge in [0.05, 0.1) is 0 Å². The van der Waals surface area contributed by atoms with Crippen LogP contribution in [0.4, 0.5) is 35.1 Å². The second kappa shape index (κ2) is 6.20. The van der Waals surface area contributed by atoms with E-state index in [2.05, 4.69) is 3.63 Å². The van der Waals surface area contributed by atoms with Crippen LogP contribution in [-0.2, 0) is 23.9 Å². The van der Waals surface area contributed by atoms with Gasteiger partial charge in [0.2, 0.25) is 0 Å². The van der Waals surface area contributed by atoms with E-state index in [1.54, 1.807) is 0 Å². The maximum Gasteiger partial charge on any atom is 0.323 e. The Labute approximate surface area is 113 Å². The van der Waals surface area contributed by atoms with Gasteiger partial charge in [-0.25, -0.2) is 17.6 Å². The van der Waals surface area contributed by atoms with Gasteiger partial charge in [-0.1, -0.05) is 0 Å². The molecule has 0 aliphatic rings. The Bertz CT molecular complexity index is 504. The zero-order valence-corrected chi connectivity index (χ0v) is 11.1. The van der Waals surface area contributed by atoms with Gasteiger partial charge in [0, 0.05) is 0 Å². The smallest absolute Gasteiger partial charge is 0.204 e. The van der Waals surface area contributed by atoms with Crippen LogP contribution in [0.2, 0.25) is 0 Å². The average Bonchev–Trinajstić information content (AvgIpc) is 2.10. The third kappa shape index (κ3) is 6.73. The Morgan fingerprint density at radius 3 is 1.14 bits per heavy atom. The highest BCUT2D eigenvalue weighted by Gasteiger charge is 2.50. The molecular weight excluding hydrogens is 368 g/mol. The Hall–Kier alpha value is -0.700. The van der Waals surface area contributed by atoms with Crippen LogP contribution in [0.5, 0.6) is 0 Å². The largest absolute Gasteiger partial charge is 0.323 e. The summed E-state index contributed by atoms with van der Waals surface area (Å²) in [5.41, 5.74) is 0. The summed E-state index contributed by atoms with van der Waals surface area (Å²) >= 11 is 0. The number of alkyl halides is 8. The molecule has 0 fully saturated rings. The van der Waals surface area contributed by atoms with Crippen LogP contribution in [0.25, 0.3) is 0 Å². The summed E-state index contributed by atoms with van der Waals surface area (Å²) in [5.74, 6) is -16.1. The van der Waals surface area contributed by atoms with Gasteiger partial charge in [-0.2, -0.15) is 34.4 Å². The van der Waals surface area contributed by atoms with Crippen molar-refractivity contribution in [1.82, 2.24) is 0 Å². The molecule has 0 aromatic carbocycles. The molecule has 21 heavy (non-hydrogen) atoms. The minimum absolute atomic E-state index is 2.84. The minimum atomic E-state index is -5.94.